The molecule has 1 aliphatic heterocycles. The second kappa shape index (κ2) is 8.00. The van der Waals surface area contributed by atoms with Crippen molar-refractivity contribution in [2.45, 2.75) is 19.0 Å². The first-order chi connectivity index (χ1) is 13.8. The lowest BCUT2D eigenvalue weighted by atomic mass is 10.3. The van der Waals surface area contributed by atoms with Gasteiger partial charge in [0.15, 0.2) is 0 Å². The lowest BCUT2D eigenvalue weighted by molar-refractivity contribution is -0.129. The Balaban J connectivity index is 1.41. The summed E-state index contributed by atoms with van der Waals surface area (Å²) in [5.74, 6) is 0.154. The van der Waals surface area contributed by atoms with Crippen LogP contribution in [-0.4, -0.2) is 41.8 Å². The molecule has 1 amide bonds. The number of fused-ring (bicyclic) bond motifs is 1. The maximum Gasteiger partial charge on any atom is 0.241 e. The van der Waals surface area contributed by atoms with E-state index in [-0.39, 0.29) is 5.91 Å². The van der Waals surface area contributed by atoms with Gasteiger partial charge >= 0.3 is 0 Å². The summed E-state index contributed by atoms with van der Waals surface area (Å²) in [6, 6.07) is 4.51. The highest BCUT2D eigenvalue weighted by molar-refractivity contribution is 7.92. The van der Waals surface area contributed by atoms with E-state index in [9.17, 15) is 13.2 Å². The minimum atomic E-state index is -3.76. The third-order valence-corrected chi connectivity index (χ3v) is 7.78. The van der Waals surface area contributed by atoms with Crippen molar-refractivity contribution in [1.29, 1.82) is 0 Å². The van der Waals surface area contributed by atoms with Crippen molar-refractivity contribution >= 4 is 72.3 Å². The Bertz CT molecular complexity index is 1200. The molecule has 29 heavy (non-hydrogen) atoms. The summed E-state index contributed by atoms with van der Waals surface area (Å²) in [5, 5.41) is 1.05. The van der Waals surface area contributed by atoms with Crippen LogP contribution in [0.2, 0.25) is 4.34 Å². The number of aromatic nitrogens is 2. The van der Waals surface area contributed by atoms with Gasteiger partial charge in [0.1, 0.15) is 18.2 Å². The molecule has 8 nitrogen and oxygen atoms in total. The molecule has 3 N–H and O–H groups in total. The minimum absolute atomic E-state index is 0.252. The number of carbonyl (C=O) groups is 1. The summed E-state index contributed by atoms with van der Waals surface area (Å²) in [6.07, 6.45) is 3.26. The highest BCUT2D eigenvalue weighted by Crippen LogP contribution is 2.29. The van der Waals surface area contributed by atoms with Crippen molar-refractivity contribution in [3.05, 3.63) is 44.0 Å². The van der Waals surface area contributed by atoms with Gasteiger partial charge in [0.05, 0.1) is 21.1 Å². The number of anilines is 1. The number of hydrogen-bond donors (Lipinski definition) is 2. The number of nitrogen functional groups attached to an aromatic ring is 1. The lowest BCUT2D eigenvalue weighted by Gasteiger charge is -2.15. The Morgan fingerprint density at radius 3 is 2.90 bits per heavy atom. The van der Waals surface area contributed by atoms with E-state index in [1.807, 2.05) is 6.07 Å². The zero-order valence-corrected chi connectivity index (χ0v) is 18.1. The van der Waals surface area contributed by atoms with Crippen LogP contribution in [0.4, 0.5) is 5.82 Å². The van der Waals surface area contributed by atoms with Crippen LogP contribution in [0, 0.1) is 0 Å². The fourth-order valence-electron chi connectivity index (χ4n) is 3.01. The molecule has 152 valence electrons. The van der Waals surface area contributed by atoms with Gasteiger partial charge in [-0.15, -0.1) is 22.7 Å². The van der Waals surface area contributed by atoms with E-state index < -0.39 is 16.1 Å². The van der Waals surface area contributed by atoms with E-state index in [0.717, 1.165) is 20.5 Å². The number of rotatable bonds is 6. The molecule has 0 unspecified atom stereocenters. The Morgan fingerprint density at radius 1 is 1.34 bits per heavy atom. The average Bonchev–Trinajstić information content (AvgIpc) is 3.36. The monoisotopic (exact) mass is 469 g/mol. The van der Waals surface area contributed by atoms with E-state index in [2.05, 4.69) is 14.7 Å². The summed E-state index contributed by atoms with van der Waals surface area (Å²) in [7, 11) is -3.76. The van der Waals surface area contributed by atoms with Crippen molar-refractivity contribution in [2.24, 2.45) is 0 Å². The normalized spacial score (nSPS) is 17.8. The van der Waals surface area contributed by atoms with Crippen LogP contribution in [0.5, 0.6) is 0 Å². The molecular weight excluding hydrogens is 454 g/mol. The van der Waals surface area contributed by atoms with Gasteiger partial charge in [0.25, 0.3) is 0 Å². The summed E-state index contributed by atoms with van der Waals surface area (Å²) < 4.78 is 28.4. The number of carbonyl (C=O) groups excluding carboxylic acids is 1. The smallest absolute Gasteiger partial charge is 0.241 e. The maximum atomic E-state index is 12.7. The number of amides is 1. The van der Waals surface area contributed by atoms with Gasteiger partial charge in [0.2, 0.25) is 15.9 Å². The summed E-state index contributed by atoms with van der Waals surface area (Å²) >= 11 is 8.54. The van der Waals surface area contributed by atoms with Crippen LogP contribution in [0.3, 0.4) is 0 Å². The molecule has 0 aliphatic carbocycles. The third-order valence-electron chi connectivity index (χ3n) is 4.35. The van der Waals surface area contributed by atoms with Gasteiger partial charge in [-0.1, -0.05) is 11.6 Å². The third kappa shape index (κ3) is 4.59. The van der Waals surface area contributed by atoms with Crippen LogP contribution in [0.15, 0.2) is 29.9 Å². The molecule has 0 spiro atoms. The van der Waals surface area contributed by atoms with Crippen molar-refractivity contribution in [3.63, 3.8) is 0 Å². The van der Waals surface area contributed by atoms with E-state index in [0.29, 0.717) is 34.5 Å². The molecule has 0 saturated carbocycles. The van der Waals surface area contributed by atoms with Gasteiger partial charge in [-0.25, -0.2) is 18.4 Å². The summed E-state index contributed by atoms with van der Waals surface area (Å²) in [6.45, 7) is 0.840. The molecule has 0 aromatic carbocycles. The van der Waals surface area contributed by atoms with Crippen molar-refractivity contribution in [2.75, 3.05) is 12.3 Å². The second-order valence-electron chi connectivity index (χ2n) is 6.39. The van der Waals surface area contributed by atoms with Gasteiger partial charge in [0, 0.05) is 21.7 Å². The molecule has 0 bridgehead atoms. The average molecular weight is 470 g/mol. The molecule has 3 aromatic rings. The molecule has 1 aliphatic rings. The van der Waals surface area contributed by atoms with Gasteiger partial charge in [-0.3, -0.25) is 4.79 Å². The number of hydrogen-bond acceptors (Lipinski definition) is 8. The molecule has 4 rings (SSSR count). The molecule has 4 heterocycles. The Morgan fingerprint density at radius 2 is 2.17 bits per heavy atom. The highest BCUT2D eigenvalue weighted by atomic mass is 35.5. The van der Waals surface area contributed by atoms with E-state index in [1.165, 1.54) is 35.1 Å². The van der Waals surface area contributed by atoms with Crippen LogP contribution >= 0.6 is 34.3 Å². The van der Waals surface area contributed by atoms with Crippen LogP contribution in [-0.2, 0) is 21.4 Å². The van der Waals surface area contributed by atoms with E-state index >= 15 is 0 Å². The Hall–Kier alpha value is -2.05. The Labute approximate surface area is 180 Å². The van der Waals surface area contributed by atoms with Crippen LogP contribution in [0.25, 0.3) is 16.3 Å². The molecular formula is C17H16ClN5O3S3. The first-order valence-corrected chi connectivity index (χ1v) is 12.1. The number of thiophene rings is 2. The van der Waals surface area contributed by atoms with Gasteiger partial charge in [-0.05, 0) is 30.7 Å². The van der Waals surface area contributed by atoms with Crippen molar-refractivity contribution < 1.29 is 13.2 Å². The Kier molecular flexibility index (Phi) is 5.58. The van der Waals surface area contributed by atoms with E-state index in [4.69, 9.17) is 17.3 Å². The number of halogens is 1. The molecule has 1 fully saturated rings. The molecule has 1 atom stereocenters. The number of nitrogens with one attached hydrogen (secondary N) is 1. The van der Waals surface area contributed by atoms with Crippen molar-refractivity contribution in [3.8, 4) is 0 Å². The van der Waals surface area contributed by atoms with Gasteiger partial charge < -0.3 is 10.6 Å². The maximum absolute atomic E-state index is 12.7. The van der Waals surface area contributed by atoms with Crippen molar-refractivity contribution in [1.82, 2.24) is 19.6 Å². The number of sulfonamides is 1. The quantitative estimate of drug-likeness (QED) is 0.573. The summed E-state index contributed by atoms with van der Waals surface area (Å²) in [5.41, 5.74) is 6.59. The minimum Gasteiger partial charge on any atom is -0.382 e. The predicted molar refractivity (Wildman–Crippen MR) is 116 cm³/mol. The topological polar surface area (TPSA) is 118 Å². The first-order valence-electron chi connectivity index (χ1n) is 8.54. The number of nitrogens with zero attached hydrogens (tertiary/aromatic N) is 3. The SMILES string of the molecule is Nc1ncnc2cc(CN3CC[C@H](NS(=O)(=O)C=Cc4ccc(Cl)s4)C3=O)sc12. The van der Waals surface area contributed by atoms with Crippen LogP contribution < -0.4 is 10.5 Å². The fraction of sp³-hybridized carbons (Fsp3) is 0.235. The highest BCUT2D eigenvalue weighted by Gasteiger charge is 2.34. The molecule has 0 radical (unpaired) electrons. The second-order valence-corrected chi connectivity index (χ2v) is 10.9. The fourth-order valence-corrected chi connectivity index (χ4v) is 6.10. The van der Waals surface area contributed by atoms with E-state index in [1.54, 1.807) is 17.0 Å². The number of likely N-dealkylation sites (tertiary alicyclic amines) is 1. The zero-order chi connectivity index (χ0) is 20.6. The first kappa shape index (κ1) is 20.2. The lowest BCUT2D eigenvalue weighted by Crippen LogP contribution is -2.40. The molecule has 3 aromatic heterocycles. The van der Waals surface area contributed by atoms with Gasteiger partial charge in [-0.2, -0.15) is 4.72 Å². The zero-order valence-electron chi connectivity index (χ0n) is 14.9. The number of nitrogens with two attached hydrogens (primary N) is 1. The standard InChI is InChI=1S/C17H16ClN5O3S3/c18-14-2-1-10(27-14)4-6-29(25,26)22-12-3-5-23(17(12)24)8-11-7-13-15(28-11)16(19)21-9-20-13/h1-2,4,6-7,9,12,22H,3,5,8H2,(H2,19,20,21)/t12-/m0/s1. The largest absolute Gasteiger partial charge is 0.382 e. The molecule has 12 heteroatoms. The summed E-state index contributed by atoms with van der Waals surface area (Å²) in [4.78, 5) is 24.1. The predicted octanol–water partition coefficient (Wildman–Crippen LogP) is 2.68. The van der Waals surface area contributed by atoms with Crippen LogP contribution in [0.1, 0.15) is 16.2 Å². The molecule has 1 saturated heterocycles.